The van der Waals surface area contributed by atoms with Crippen molar-refractivity contribution in [3.05, 3.63) is 18.0 Å². The molecule has 1 saturated carbocycles. The van der Waals surface area contributed by atoms with E-state index < -0.39 is 0 Å². The van der Waals surface area contributed by atoms with Crippen molar-refractivity contribution < 1.29 is 0 Å². The molecule has 1 aromatic heterocycles. The number of hydrogen-bond donors (Lipinski definition) is 0. The minimum Gasteiger partial charge on any atom is -0.376 e. The zero-order valence-electron chi connectivity index (χ0n) is 8.90. The second kappa shape index (κ2) is 4.11. The second-order valence-electron chi connectivity index (χ2n) is 3.86. The first-order chi connectivity index (χ1) is 7.20. The van der Waals surface area contributed by atoms with Crippen molar-refractivity contribution in [1.82, 2.24) is 4.98 Å². The summed E-state index contributed by atoms with van der Waals surface area (Å²) in [4.78, 5) is 7.20. The van der Waals surface area contributed by atoms with Crippen molar-refractivity contribution in [3.63, 3.8) is 0 Å². The highest BCUT2D eigenvalue weighted by Crippen LogP contribution is 2.40. The molecular weight excluding hydrogens is 206 g/mol. The summed E-state index contributed by atoms with van der Waals surface area (Å²) in [5.41, 5.74) is 1.61. The van der Waals surface area contributed by atoms with E-state index in [0.29, 0.717) is 10.9 Å². The summed E-state index contributed by atoms with van der Waals surface area (Å²) in [7, 11) is 3.96. The summed E-state index contributed by atoms with van der Waals surface area (Å²) >= 11 is 1.78. The highest BCUT2D eigenvalue weighted by atomic mass is 32.2. The van der Waals surface area contributed by atoms with E-state index in [-0.39, 0.29) is 0 Å². The zero-order chi connectivity index (χ0) is 10.8. The van der Waals surface area contributed by atoms with Gasteiger partial charge in [0.25, 0.3) is 0 Å². The van der Waals surface area contributed by atoms with Crippen molar-refractivity contribution in [2.24, 2.45) is 0 Å². The fourth-order valence-electron chi connectivity index (χ4n) is 1.22. The quantitative estimate of drug-likeness (QED) is 0.782. The lowest BCUT2D eigenvalue weighted by atomic mass is 10.3. The van der Waals surface area contributed by atoms with Crippen LogP contribution in [-0.2, 0) is 0 Å². The summed E-state index contributed by atoms with van der Waals surface area (Å²) in [6.45, 7) is 0. The molecule has 2 rings (SSSR count). The SMILES string of the molecule is CN(C)c1cnc(C#N)c(SC2CC2)c1. The van der Waals surface area contributed by atoms with Gasteiger partial charge in [0.05, 0.1) is 11.9 Å². The van der Waals surface area contributed by atoms with Crippen molar-refractivity contribution >= 4 is 17.4 Å². The normalized spacial score (nSPS) is 14.7. The molecule has 15 heavy (non-hydrogen) atoms. The fourth-order valence-corrected chi connectivity index (χ4v) is 2.35. The van der Waals surface area contributed by atoms with E-state index in [0.717, 1.165) is 10.6 Å². The number of pyridine rings is 1. The van der Waals surface area contributed by atoms with Gasteiger partial charge in [-0.2, -0.15) is 5.26 Å². The zero-order valence-corrected chi connectivity index (χ0v) is 9.71. The van der Waals surface area contributed by atoms with Gasteiger partial charge in [0, 0.05) is 24.2 Å². The van der Waals surface area contributed by atoms with Gasteiger partial charge < -0.3 is 4.90 Å². The van der Waals surface area contributed by atoms with Crippen molar-refractivity contribution in [3.8, 4) is 6.07 Å². The Hall–Kier alpha value is -1.21. The van der Waals surface area contributed by atoms with Crippen molar-refractivity contribution in [1.29, 1.82) is 5.26 Å². The molecule has 0 aliphatic heterocycles. The molecule has 0 aromatic carbocycles. The number of aromatic nitrogens is 1. The van der Waals surface area contributed by atoms with Crippen LogP contribution in [0.1, 0.15) is 18.5 Å². The van der Waals surface area contributed by atoms with Gasteiger partial charge in [0.15, 0.2) is 5.69 Å². The lowest BCUT2D eigenvalue weighted by molar-refractivity contribution is 1.08. The summed E-state index contributed by atoms with van der Waals surface area (Å²) in [6, 6.07) is 4.19. The summed E-state index contributed by atoms with van der Waals surface area (Å²) in [6.07, 6.45) is 4.28. The molecule has 0 radical (unpaired) electrons. The van der Waals surface area contributed by atoms with Gasteiger partial charge in [0.1, 0.15) is 6.07 Å². The van der Waals surface area contributed by atoms with Crippen LogP contribution in [0, 0.1) is 11.3 Å². The molecule has 4 heteroatoms. The molecule has 0 spiro atoms. The van der Waals surface area contributed by atoms with Crippen LogP contribution >= 0.6 is 11.8 Å². The number of thioether (sulfide) groups is 1. The highest BCUT2D eigenvalue weighted by molar-refractivity contribution is 8.00. The molecule has 1 aromatic rings. The number of hydrogen-bond acceptors (Lipinski definition) is 4. The minimum absolute atomic E-state index is 0.553. The van der Waals surface area contributed by atoms with Gasteiger partial charge in [-0.15, -0.1) is 11.8 Å². The lowest BCUT2D eigenvalue weighted by Gasteiger charge is -2.13. The first-order valence-electron chi connectivity index (χ1n) is 4.95. The molecule has 0 unspecified atom stereocenters. The van der Waals surface area contributed by atoms with Gasteiger partial charge in [-0.1, -0.05) is 0 Å². The maximum Gasteiger partial charge on any atom is 0.154 e. The van der Waals surface area contributed by atoms with E-state index >= 15 is 0 Å². The Balaban J connectivity index is 2.29. The van der Waals surface area contributed by atoms with Crippen LogP contribution < -0.4 is 4.90 Å². The van der Waals surface area contributed by atoms with Crippen LogP contribution in [0.25, 0.3) is 0 Å². The monoisotopic (exact) mass is 219 g/mol. The Kier molecular flexibility index (Phi) is 2.83. The smallest absolute Gasteiger partial charge is 0.154 e. The largest absolute Gasteiger partial charge is 0.376 e. The topological polar surface area (TPSA) is 39.9 Å². The van der Waals surface area contributed by atoms with Crippen LogP contribution in [0.15, 0.2) is 17.2 Å². The summed E-state index contributed by atoms with van der Waals surface area (Å²) in [5.74, 6) is 0. The standard InChI is InChI=1S/C11H13N3S/c1-14(2)8-5-11(15-9-3-4-9)10(6-12)13-7-8/h5,7,9H,3-4H2,1-2H3. The van der Waals surface area contributed by atoms with Crippen LogP contribution in [-0.4, -0.2) is 24.3 Å². The third kappa shape index (κ3) is 2.42. The molecular formula is C11H13N3S. The van der Waals surface area contributed by atoms with Crippen LogP contribution in [0.2, 0.25) is 0 Å². The Bertz CT molecular complexity index is 405. The van der Waals surface area contributed by atoms with Gasteiger partial charge in [-0.25, -0.2) is 4.98 Å². The first kappa shape index (κ1) is 10.3. The molecule has 0 saturated heterocycles. The average molecular weight is 219 g/mol. The van der Waals surface area contributed by atoms with Crippen molar-refractivity contribution in [2.45, 2.75) is 23.0 Å². The molecule has 78 valence electrons. The molecule has 0 atom stereocenters. The van der Waals surface area contributed by atoms with Gasteiger partial charge >= 0.3 is 0 Å². The van der Waals surface area contributed by atoms with Gasteiger partial charge in [-0.3, -0.25) is 0 Å². The molecule has 3 nitrogen and oxygen atoms in total. The predicted molar refractivity (Wildman–Crippen MR) is 62.2 cm³/mol. The molecule has 1 aliphatic rings. The molecule has 1 fully saturated rings. The molecule has 0 bridgehead atoms. The third-order valence-electron chi connectivity index (χ3n) is 2.28. The number of nitriles is 1. The van der Waals surface area contributed by atoms with Gasteiger partial charge in [-0.05, 0) is 18.9 Å². The van der Waals surface area contributed by atoms with E-state index in [1.807, 2.05) is 19.0 Å². The maximum absolute atomic E-state index is 8.94. The van der Waals surface area contributed by atoms with E-state index in [2.05, 4.69) is 17.1 Å². The van der Waals surface area contributed by atoms with Crippen LogP contribution in [0.3, 0.4) is 0 Å². The van der Waals surface area contributed by atoms with E-state index in [9.17, 15) is 0 Å². The number of anilines is 1. The van der Waals surface area contributed by atoms with Crippen LogP contribution in [0.4, 0.5) is 5.69 Å². The van der Waals surface area contributed by atoms with E-state index in [1.54, 1.807) is 18.0 Å². The first-order valence-corrected chi connectivity index (χ1v) is 5.83. The number of rotatable bonds is 3. The summed E-state index contributed by atoms with van der Waals surface area (Å²) in [5, 5.41) is 9.65. The Morgan fingerprint density at radius 1 is 1.53 bits per heavy atom. The minimum atomic E-state index is 0.553. The van der Waals surface area contributed by atoms with E-state index in [4.69, 9.17) is 5.26 Å². The molecule has 1 aliphatic carbocycles. The Labute approximate surface area is 94.1 Å². The fraction of sp³-hybridized carbons (Fsp3) is 0.455. The Morgan fingerprint density at radius 2 is 2.27 bits per heavy atom. The third-order valence-corrected chi connectivity index (χ3v) is 3.65. The molecule has 1 heterocycles. The average Bonchev–Trinajstić information content (AvgIpc) is 3.01. The Morgan fingerprint density at radius 3 is 2.80 bits per heavy atom. The predicted octanol–water partition coefficient (Wildman–Crippen LogP) is 2.27. The number of nitrogens with zero attached hydrogens (tertiary/aromatic N) is 3. The van der Waals surface area contributed by atoms with Crippen molar-refractivity contribution in [2.75, 3.05) is 19.0 Å². The van der Waals surface area contributed by atoms with Gasteiger partial charge in [0.2, 0.25) is 0 Å². The molecule has 0 amide bonds. The maximum atomic E-state index is 8.94. The second-order valence-corrected chi connectivity index (χ2v) is 5.21. The lowest BCUT2D eigenvalue weighted by Crippen LogP contribution is -2.09. The molecule has 0 N–H and O–H groups in total. The van der Waals surface area contributed by atoms with Crippen LogP contribution in [0.5, 0.6) is 0 Å². The summed E-state index contributed by atoms with van der Waals surface area (Å²) < 4.78 is 0. The highest BCUT2D eigenvalue weighted by Gasteiger charge is 2.24. The van der Waals surface area contributed by atoms with E-state index in [1.165, 1.54) is 12.8 Å².